The number of aromatic nitrogens is 1. The fraction of sp³-hybridized carbons (Fsp3) is 0.500. The van der Waals surface area contributed by atoms with Crippen molar-refractivity contribution in [1.29, 1.82) is 0 Å². The summed E-state index contributed by atoms with van der Waals surface area (Å²) in [5.41, 5.74) is 0.681. The Morgan fingerprint density at radius 3 is 2.66 bits per heavy atom. The molecule has 2 bridgehead atoms. The molecule has 3 heterocycles. The quantitative estimate of drug-likeness (QED) is 0.552. The lowest BCUT2D eigenvalue weighted by Gasteiger charge is -2.29. The highest BCUT2D eigenvalue weighted by Crippen LogP contribution is 2.25. The Balaban J connectivity index is 1.88. The van der Waals surface area contributed by atoms with Crippen LogP contribution in [-0.2, 0) is 25.5 Å². The number of aliphatic hydroxyl groups excluding tert-OH is 1. The summed E-state index contributed by atoms with van der Waals surface area (Å²) < 4.78 is 11.2. The number of carbonyl (C=O) groups is 4. The standard InChI is InChI=1S/C28H35N3O7/c1-17(2)26-19(4)9-10-24(34)29-11-5-7-18(3)13-20(32)14-21(33)15-25-30-22(16-37-25)27(35)31-12-6-8-23(31)28(36)38-26/h5,7,9-11,13,16-17,19-20,23,26,32H,6,8,12,14-15H2,1-4H3/b7-5-,10-9-,18-13-,29-11?/t19-,20-,23?,26-/m1/s1. The van der Waals surface area contributed by atoms with Crippen molar-refractivity contribution < 1.29 is 33.4 Å². The molecule has 1 unspecified atom stereocenters. The molecule has 2 aliphatic rings. The first kappa shape index (κ1) is 28.9. The number of hydrogen-bond donors (Lipinski definition) is 1. The number of carbonyl (C=O) groups excluding carboxylic acids is 4. The highest BCUT2D eigenvalue weighted by Gasteiger charge is 2.38. The molecule has 10 heteroatoms. The van der Waals surface area contributed by atoms with Crippen LogP contribution in [0.2, 0.25) is 0 Å². The van der Waals surface area contributed by atoms with E-state index in [1.807, 2.05) is 20.8 Å². The summed E-state index contributed by atoms with van der Waals surface area (Å²) in [6, 6.07) is -0.772. The first-order valence-corrected chi connectivity index (χ1v) is 12.8. The van der Waals surface area contributed by atoms with Crippen LogP contribution in [0.5, 0.6) is 0 Å². The Labute approximate surface area is 222 Å². The average Bonchev–Trinajstić information content (AvgIpc) is 3.52. The van der Waals surface area contributed by atoms with Crippen LogP contribution in [-0.4, -0.2) is 69.6 Å². The number of oxazole rings is 1. The van der Waals surface area contributed by atoms with E-state index in [-0.39, 0.29) is 42.0 Å². The van der Waals surface area contributed by atoms with Crippen molar-refractivity contribution in [3.05, 3.63) is 53.8 Å². The van der Waals surface area contributed by atoms with Gasteiger partial charge in [0.05, 0.1) is 12.5 Å². The molecule has 204 valence electrons. The van der Waals surface area contributed by atoms with E-state index >= 15 is 0 Å². The van der Waals surface area contributed by atoms with Crippen molar-refractivity contribution in [2.24, 2.45) is 16.8 Å². The van der Waals surface area contributed by atoms with Crippen molar-refractivity contribution in [3.63, 3.8) is 0 Å². The Kier molecular flexibility index (Phi) is 10.1. The maximum absolute atomic E-state index is 13.2. The molecule has 10 nitrogen and oxygen atoms in total. The molecule has 0 saturated carbocycles. The summed E-state index contributed by atoms with van der Waals surface area (Å²) in [5, 5.41) is 10.2. The molecule has 1 fully saturated rings. The molecule has 4 atom stereocenters. The summed E-state index contributed by atoms with van der Waals surface area (Å²) in [5.74, 6) is -2.04. The van der Waals surface area contributed by atoms with Gasteiger partial charge >= 0.3 is 5.97 Å². The summed E-state index contributed by atoms with van der Waals surface area (Å²) in [6.07, 6.45) is 9.42. The maximum atomic E-state index is 13.2. The number of cyclic esters (lactones) is 1. The van der Waals surface area contributed by atoms with Crippen LogP contribution in [0, 0.1) is 11.8 Å². The molecule has 1 aromatic rings. The molecule has 1 saturated heterocycles. The van der Waals surface area contributed by atoms with Gasteiger partial charge in [-0.2, -0.15) is 0 Å². The zero-order chi connectivity index (χ0) is 27.8. The number of rotatable bonds is 1. The number of ketones is 1. The zero-order valence-electron chi connectivity index (χ0n) is 22.2. The summed E-state index contributed by atoms with van der Waals surface area (Å²) in [6.45, 7) is 7.79. The van der Waals surface area contributed by atoms with Crippen molar-refractivity contribution in [2.75, 3.05) is 6.54 Å². The Bertz CT molecular complexity index is 1160. The van der Waals surface area contributed by atoms with Crippen molar-refractivity contribution in [1.82, 2.24) is 9.88 Å². The van der Waals surface area contributed by atoms with Crippen LogP contribution in [0.15, 0.2) is 51.6 Å². The molecule has 2 aliphatic heterocycles. The number of esters is 1. The highest BCUT2D eigenvalue weighted by atomic mass is 16.5. The molecule has 2 amide bonds. The third-order valence-electron chi connectivity index (χ3n) is 6.41. The zero-order valence-corrected chi connectivity index (χ0v) is 22.2. The topological polar surface area (TPSA) is 139 Å². The van der Waals surface area contributed by atoms with E-state index < -0.39 is 36.0 Å². The van der Waals surface area contributed by atoms with Gasteiger partial charge in [0, 0.05) is 31.2 Å². The van der Waals surface area contributed by atoms with Crippen LogP contribution in [0.1, 0.15) is 63.3 Å². The number of aliphatic hydroxyl groups is 1. The Morgan fingerprint density at radius 1 is 1.16 bits per heavy atom. The lowest BCUT2D eigenvalue weighted by molar-refractivity contribution is -0.158. The first-order valence-electron chi connectivity index (χ1n) is 12.8. The average molecular weight is 526 g/mol. The minimum absolute atomic E-state index is 0.00235. The van der Waals surface area contributed by atoms with Gasteiger partial charge in [-0.3, -0.25) is 14.4 Å². The summed E-state index contributed by atoms with van der Waals surface area (Å²) >= 11 is 0. The largest absolute Gasteiger partial charge is 0.460 e. The van der Waals surface area contributed by atoms with Crippen LogP contribution < -0.4 is 0 Å². The molecule has 0 aromatic carbocycles. The predicted octanol–water partition coefficient (Wildman–Crippen LogP) is 3.02. The number of Topliss-reactive ketones (excluding diaryl/α,β-unsaturated/α-hetero) is 1. The van der Waals surface area contributed by atoms with E-state index in [4.69, 9.17) is 9.15 Å². The lowest BCUT2D eigenvalue weighted by Crippen LogP contribution is -2.44. The van der Waals surface area contributed by atoms with E-state index in [2.05, 4.69) is 9.98 Å². The number of nitrogens with zero attached hydrogens (tertiary/aromatic N) is 3. The highest BCUT2D eigenvalue weighted by molar-refractivity contribution is 5.96. The van der Waals surface area contributed by atoms with E-state index in [1.54, 1.807) is 25.2 Å². The van der Waals surface area contributed by atoms with Crippen LogP contribution in [0.25, 0.3) is 0 Å². The van der Waals surface area contributed by atoms with E-state index in [0.717, 1.165) is 0 Å². The molecular formula is C28H35N3O7. The SMILES string of the molecule is CC1=C/[C@@H](O)CC(=O)Cc2nc(co2)C(=O)N2CCCC2C(=O)O[C@H](C(C)C)[C@H](C)/C=C\C(=O)N=C/C=C\1. The van der Waals surface area contributed by atoms with Crippen molar-refractivity contribution in [3.8, 4) is 0 Å². The second kappa shape index (κ2) is 13.2. The number of amides is 2. The minimum Gasteiger partial charge on any atom is -0.460 e. The Hall–Kier alpha value is -3.66. The van der Waals surface area contributed by atoms with Gasteiger partial charge in [-0.15, -0.1) is 0 Å². The normalized spacial score (nSPS) is 29.5. The van der Waals surface area contributed by atoms with Gasteiger partial charge in [0.15, 0.2) is 5.69 Å². The van der Waals surface area contributed by atoms with E-state index in [0.29, 0.717) is 25.0 Å². The third-order valence-corrected chi connectivity index (χ3v) is 6.41. The molecule has 0 spiro atoms. The van der Waals surface area contributed by atoms with Crippen LogP contribution in [0.4, 0.5) is 0 Å². The van der Waals surface area contributed by atoms with Gasteiger partial charge in [0.1, 0.15) is 24.2 Å². The molecular weight excluding hydrogens is 490 g/mol. The molecule has 1 N–H and O–H groups in total. The lowest BCUT2D eigenvalue weighted by atomic mass is 9.94. The monoisotopic (exact) mass is 525 g/mol. The van der Waals surface area contributed by atoms with Crippen LogP contribution in [0.3, 0.4) is 0 Å². The van der Waals surface area contributed by atoms with Gasteiger partial charge in [-0.05, 0) is 31.8 Å². The number of fused-ring (bicyclic) bond motifs is 3. The molecule has 0 aliphatic carbocycles. The van der Waals surface area contributed by atoms with Gasteiger partial charge in [-0.1, -0.05) is 44.6 Å². The van der Waals surface area contributed by atoms with Gasteiger partial charge < -0.3 is 19.2 Å². The second-order valence-electron chi connectivity index (χ2n) is 10.0. The van der Waals surface area contributed by atoms with E-state index in [1.165, 1.54) is 29.5 Å². The summed E-state index contributed by atoms with van der Waals surface area (Å²) in [7, 11) is 0. The van der Waals surface area contributed by atoms with Crippen molar-refractivity contribution in [2.45, 2.75) is 71.6 Å². The fourth-order valence-electron chi connectivity index (χ4n) is 4.55. The number of ether oxygens (including phenoxy) is 1. The molecule has 3 rings (SSSR count). The minimum atomic E-state index is -1.03. The molecule has 38 heavy (non-hydrogen) atoms. The smallest absolute Gasteiger partial charge is 0.329 e. The second-order valence-corrected chi connectivity index (χ2v) is 10.0. The predicted molar refractivity (Wildman–Crippen MR) is 139 cm³/mol. The third kappa shape index (κ3) is 7.92. The number of hydrogen-bond acceptors (Lipinski definition) is 8. The fourth-order valence-corrected chi connectivity index (χ4v) is 4.55. The van der Waals surface area contributed by atoms with E-state index in [9.17, 15) is 24.3 Å². The molecule has 1 aromatic heterocycles. The van der Waals surface area contributed by atoms with Crippen LogP contribution >= 0.6 is 0 Å². The number of allylic oxidation sites excluding steroid dienone is 3. The maximum Gasteiger partial charge on any atom is 0.329 e. The summed E-state index contributed by atoms with van der Waals surface area (Å²) in [4.78, 5) is 60.3. The molecule has 0 radical (unpaired) electrons. The van der Waals surface area contributed by atoms with Crippen molar-refractivity contribution >= 4 is 29.8 Å². The van der Waals surface area contributed by atoms with Gasteiger partial charge in [0.25, 0.3) is 11.8 Å². The Morgan fingerprint density at radius 2 is 1.92 bits per heavy atom. The first-order chi connectivity index (χ1) is 18.0. The number of aliphatic imine (C=N–C) groups is 1. The van der Waals surface area contributed by atoms with Gasteiger partial charge in [-0.25, -0.2) is 14.8 Å². The van der Waals surface area contributed by atoms with Gasteiger partial charge in [0.2, 0.25) is 5.89 Å².